The molecule has 2 aromatic heterocycles. The molecule has 0 amide bonds. The smallest absolute Gasteiger partial charge is 0.143 e. The van der Waals surface area contributed by atoms with Crippen LogP contribution in [-0.2, 0) is 0 Å². The number of nitrogens with zero attached hydrogens (tertiary/aromatic N) is 2. The van der Waals surface area contributed by atoms with E-state index in [2.05, 4.69) is 27.2 Å². The average molecular weight is 352 g/mol. The molecule has 5 heteroatoms. The molecule has 3 aromatic rings. The van der Waals surface area contributed by atoms with Gasteiger partial charge in [-0.15, -0.1) is 0 Å². The van der Waals surface area contributed by atoms with E-state index in [0.717, 1.165) is 38.0 Å². The minimum atomic E-state index is 0.594. The van der Waals surface area contributed by atoms with E-state index in [1.54, 1.807) is 0 Å². The van der Waals surface area contributed by atoms with Gasteiger partial charge in [0.2, 0.25) is 0 Å². The molecular weight excluding hydrogens is 340 g/mol. The largest absolute Gasteiger partial charge is 0.361 e. The normalized spacial score (nSPS) is 11.2. The summed E-state index contributed by atoms with van der Waals surface area (Å²) in [6, 6.07) is 6.02. The van der Waals surface area contributed by atoms with Gasteiger partial charge in [-0.3, -0.25) is 0 Å². The molecule has 0 aliphatic carbocycles. The maximum atomic E-state index is 6.40. The summed E-state index contributed by atoms with van der Waals surface area (Å²) in [6.07, 6.45) is 0. The van der Waals surface area contributed by atoms with Crippen molar-refractivity contribution in [2.75, 3.05) is 0 Å². The molecule has 0 spiro atoms. The van der Waals surface area contributed by atoms with Crippen LogP contribution in [0.1, 0.15) is 17.0 Å². The van der Waals surface area contributed by atoms with Crippen LogP contribution in [0.5, 0.6) is 0 Å². The number of rotatable bonds is 1. The zero-order valence-corrected chi connectivity index (χ0v) is 13.6. The van der Waals surface area contributed by atoms with Gasteiger partial charge in [-0.2, -0.15) is 0 Å². The lowest BCUT2D eigenvalue weighted by Gasteiger charge is -2.08. The van der Waals surface area contributed by atoms with E-state index in [-0.39, 0.29) is 0 Å². The molecule has 0 bridgehead atoms. The fourth-order valence-corrected chi connectivity index (χ4v) is 3.26. The Morgan fingerprint density at radius 3 is 2.55 bits per heavy atom. The molecular formula is C15H12BrClN2O. The molecule has 0 aliphatic heterocycles. The summed E-state index contributed by atoms with van der Waals surface area (Å²) >= 11 is 9.95. The zero-order valence-electron chi connectivity index (χ0n) is 11.3. The molecule has 0 unspecified atom stereocenters. The van der Waals surface area contributed by atoms with Crippen LogP contribution in [0.3, 0.4) is 0 Å². The minimum absolute atomic E-state index is 0.594. The van der Waals surface area contributed by atoms with Crippen molar-refractivity contribution in [2.24, 2.45) is 0 Å². The van der Waals surface area contributed by atoms with Gasteiger partial charge in [0.15, 0.2) is 0 Å². The molecule has 3 nitrogen and oxygen atoms in total. The van der Waals surface area contributed by atoms with Crippen LogP contribution < -0.4 is 0 Å². The number of aryl methyl sites for hydroxylation is 3. The Balaban J connectivity index is 2.35. The Morgan fingerprint density at radius 2 is 1.90 bits per heavy atom. The van der Waals surface area contributed by atoms with Gasteiger partial charge >= 0.3 is 0 Å². The van der Waals surface area contributed by atoms with Gasteiger partial charge in [0.25, 0.3) is 0 Å². The Hall–Kier alpha value is -1.39. The second-order valence-corrected chi connectivity index (χ2v) is 6.09. The second-order valence-electron chi connectivity index (χ2n) is 4.83. The van der Waals surface area contributed by atoms with E-state index < -0.39 is 0 Å². The molecule has 20 heavy (non-hydrogen) atoms. The highest BCUT2D eigenvalue weighted by Crippen LogP contribution is 2.35. The monoisotopic (exact) mass is 350 g/mol. The summed E-state index contributed by atoms with van der Waals surface area (Å²) in [5, 5.41) is 5.56. The van der Waals surface area contributed by atoms with Crippen LogP contribution in [0.4, 0.5) is 0 Å². The Kier molecular flexibility index (Phi) is 3.30. The first-order valence-electron chi connectivity index (χ1n) is 6.17. The molecule has 102 valence electrons. The van der Waals surface area contributed by atoms with Crippen molar-refractivity contribution in [3.63, 3.8) is 0 Å². The van der Waals surface area contributed by atoms with E-state index in [1.165, 1.54) is 0 Å². The van der Waals surface area contributed by atoms with E-state index >= 15 is 0 Å². The van der Waals surface area contributed by atoms with E-state index in [4.69, 9.17) is 21.1 Å². The summed E-state index contributed by atoms with van der Waals surface area (Å²) in [5.74, 6) is 0.725. The van der Waals surface area contributed by atoms with Gasteiger partial charge in [0.1, 0.15) is 5.76 Å². The summed E-state index contributed by atoms with van der Waals surface area (Å²) in [7, 11) is 0. The van der Waals surface area contributed by atoms with Crippen LogP contribution in [-0.4, -0.2) is 10.1 Å². The van der Waals surface area contributed by atoms with Crippen LogP contribution in [0, 0.1) is 20.8 Å². The fourth-order valence-electron chi connectivity index (χ4n) is 2.34. The van der Waals surface area contributed by atoms with Crippen molar-refractivity contribution in [1.29, 1.82) is 0 Å². The van der Waals surface area contributed by atoms with Gasteiger partial charge < -0.3 is 4.52 Å². The van der Waals surface area contributed by atoms with Gasteiger partial charge in [0, 0.05) is 9.86 Å². The maximum Gasteiger partial charge on any atom is 0.143 e. The molecule has 2 heterocycles. The Bertz CT molecular complexity index is 807. The lowest BCUT2D eigenvalue weighted by atomic mass is 10.1. The zero-order chi connectivity index (χ0) is 14.4. The van der Waals surface area contributed by atoms with E-state index in [1.807, 2.05) is 32.9 Å². The van der Waals surface area contributed by atoms with Gasteiger partial charge in [-0.25, -0.2) is 4.98 Å². The third kappa shape index (κ3) is 2.13. The van der Waals surface area contributed by atoms with Crippen LogP contribution in [0.2, 0.25) is 5.02 Å². The number of pyridine rings is 1. The van der Waals surface area contributed by atoms with Gasteiger partial charge in [0.05, 0.1) is 27.5 Å². The summed E-state index contributed by atoms with van der Waals surface area (Å²) in [6.45, 7) is 5.79. The first kappa shape index (κ1) is 13.6. The first-order valence-corrected chi connectivity index (χ1v) is 7.34. The molecule has 0 saturated carbocycles. The number of fused-ring (bicyclic) bond motifs is 1. The number of halogens is 2. The summed E-state index contributed by atoms with van der Waals surface area (Å²) in [4.78, 5) is 4.70. The topological polar surface area (TPSA) is 38.9 Å². The fraction of sp³-hybridized carbons (Fsp3) is 0.200. The van der Waals surface area contributed by atoms with E-state index in [0.29, 0.717) is 10.7 Å². The van der Waals surface area contributed by atoms with Crippen molar-refractivity contribution >= 4 is 38.4 Å². The molecule has 1 aromatic carbocycles. The predicted octanol–water partition coefficient (Wildman–Crippen LogP) is 5.23. The van der Waals surface area contributed by atoms with Crippen LogP contribution in [0.15, 0.2) is 27.2 Å². The first-order chi connectivity index (χ1) is 9.47. The van der Waals surface area contributed by atoms with Gasteiger partial charge in [-0.1, -0.05) is 32.7 Å². The van der Waals surface area contributed by atoms with Crippen molar-refractivity contribution < 1.29 is 4.52 Å². The highest BCUT2D eigenvalue weighted by atomic mass is 79.9. The quantitative estimate of drug-likeness (QED) is 0.602. The highest BCUT2D eigenvalue weighted by Gasteiger charge is 2.17. The van der Waals surface area contributed by atoms with Crippen molar-refractivity contribution in [2.45, 2.75) is 20.8 Å². The molecule has 3 rings (SSSR count). The summed E-state index contributed by atoms with van der Waals surface area (Å²) in [5.41, 5.74) is 4.42. The predicted molar refractivity (Wildman–Crippen MR) is 84.2 cm³/mol. The van der Waals surface area contributed by atoms with Crippen molar-refractivity contribution in [3.05, 3.63) is 44.7 Å². The second kappa shape index (κ2) is 4.86. The van der Waals surface area contributed by atoms with Crippen LogP contribution >= 0.6 is 27.5 Å². The molecule has 0 radical (unpaired) electrons. The standard InChI is InChI=1S/C15H12BrClN2O/c1-7-4-11(16)10-6-12(17)15(18-13(10)5-7)14-8(2)19-20-9(14)3/h4-6H,1-3H3. The number of aromatic nitrogens is 2. The average Bonchev–Trinajstić information content (AvgIpc) is 2.70. The molecule has 0 fully saturated rings. The SMILES string of the molecule is Cc1cc(Br)c2cc(Cl)c(-c3c(C)noc3C)nc2c1. The molecule has 0 saturated heterocycles. The number of hydrogen-bond donors (Lipinski definition) is 0. The van der Waals surface area contributed by atoms with Crippen molar-refractivity contribution in [3.8, 4) is 11.3 Å². The number of hydrogen-bond acceptors (Lipinski definition) is 3. The number of benzene rings is 1. The molecule has 0 atom stereocenters. The summed E-state index contributed by atoms with van der Waals surface area (Å²) < 4.78 is 6.20. The lowest BCUT2D eigenvalue weighted by molar-refractivity contribution is 0.393. The Morgan fingerprint density at radius 1 is 1.15 bits per heavy atom. The highest BCUT2D eigenvalue weighted by molar-refractivity contribution is 9.10. The third-order valence-corrected chi connectivity index (χ3v) is 4.20. The minimum Gasteiger partial charge on any atom is -0.361 e. The lowest BCUT2D eigenvalue weighted by Crippen LogP contribution is -1.91. The van der Waals surface area contributed by atoms with Gasteiger partial charge in [-0.05, 0) is 44.5 Å². The molecule has 0 N–H and O–H groups in total. The van der Waals surface area contributed by atoms with Crippen LogP contribution in [0.25, 0.3) is 22.2 Å². The van der Waals surface area contributed by atoms with E-state index in [9.17, 15) is 0 Å². The maximum absolute atomic E-state index is 6.40. The Labute approximate surface area is 130 Å². The van der Waals surface area contributed by atoms with Crippen molar-refractivity contribution in [1.82, 2.24) is 10.1 Å². The third-order valence-electron chi connectivity index (χ3n) is 3.25. The molecule has 0 aliphatic rings.